The molecule has 2 saturated heterocycles. The minimum atomic E-state index is -0.132. The van der Waals surface area contributed by atoms with Crippen LogP contribution in [-0.4, -0.2) is 27.6 Å². The molecule has 0 aromatic carbocycles. The molecule has 2 fully saturated rings. The number of carbonyl (C=O) groups is 1. The molecule has 0 saturated carbocycles. The number of thioether (sulfide) groups is 1. The molecule has 0 spiro atoms. The van der Waals surface area contributed by atoms with Gasteiger partial charge >= 0.3 is 0 Å². The molecular weight excluding hydrogens is 204 g/mol. The first-order chi connectivity index (χ1) is 6.12. The molecule has 0 radical (unpaired) electrons. The number of nitrogens with one attached hydrogen (secondary N) is 2. The van der Waals surface area contributed by atoms with E-state index in [0.29, 0.717) is 5.11 Å². The van der Waals surface area contributed by atoms with Crippen LogP contribution in [0.2, 0.25) is 0 Å². The highest BCUT2D eigenvalue weighted by molar-refractivity contribution is 8.01. The molecule has 2 atom stereocenters. The van der Waals surface area contributed by atoms with Gasteiger partial charge < -0.3 is 10.6 Å². The maximum Gasteiger partial charge on any atom is 0.250 e. The number of amides is 1. The van der Waals surface area contributed by atoms with Gasteiger partial charge in [0.2, 0.25) is 5.91 Å². The van der Waals surface area contributed by atoms with E-state index in [0.717, 1.165) is 12.2 Å². The van der Waals surface area contributed by atoms with E-state index in [1.165, 1.54) is 6.42 Å². The van der Waals surface area contributed by atoms with Crippen molar-refractivity contribution in [2.75, 3.05) is 5.75 Å². The highest BCUT2D eigenvalue weighted by Crippen LogP contribution is 2.41. The summed E-state index contributed by atoms with van der Waals surface area (Å²) in [6, 6.07) is -0.132. The van der Waals surface area contributed by atoms with Crippen molar-refractivity contribution in [2.24, 2.45) is 0 Å². The van der Waals surface area contributed by atoms with E-state index < -0.39 is 0 Å². The van der Waals surface area contributed by atoms with Crippen LogP contribution in [0, 0.1) is 0 Å². The second-order valence-electron chi connectivity index (χ2n) is 3.66. The normalized spacial score (nSPS) is 39.0. The van der Waals surface area contributed by atoms with Crippen LogP contribution < -0.4 is 10.6 Å². The zero-order chi connectivity index (χ0) is 9.47. The largest absolute Gasteiger partial charge is 0.349 e. The van der Waals surface area contributed by atoms with Crippen LogP contribution in [0.15, 0.2) is 0 Å². The quantitative estimate of drug-likeness (QED) is 0.631. The van der Waals surface area contributed by atoms with Gasteiger partial charge in [0.1, 0.15) is 6.04 Å². The van der Waals surface area contributed by atoms with Crippen LogP contribution in [0.4, 0.5) is 0 Å². The van der Waals surface area contributed by atoms with E-state index in [9.17, 15) is 4.79 Å². The Hall–Kier alpha value is -0.290. The Morgan fingerprint density at radius 2 is 2.46 bits per heavy atom. The summed E-state index contributed by atoms with van der Waals surface area (Å²) in [4.78, 5) is 11.5. The summed E-state index contributed by atoms with van der Waals surface area (Å²) >= 11 is 6.77. The minimum Gasteiger partial charge on any atom is -0.349 e. The number of carbonyl (C=O) groups excluding carboxylic acids is 1. The average Bonchev–Trinajstić information content (AvgIpc) is 2.59. The highest BCUT2D eigenvalue weighted by atomic mass is 32.2. The summed E-state index contributed by atoms with van der Waals surface area (Å²) < 4.78 is 0.0324. The van der Waals surface area contributed by atoms with Crippen molar-refractivity contribution in [3.8, 4) is 0 Å². The second kappa shape index (κ2) is 3.13. The standard InChI is InChI=1S/C8H12N2OS2/c1-8(3-2-4-13-8)5-6(11)10-7(12)9-5/h5H,2-4H2,1H3,(H2,9,10,11,12). The molecule has 13 heavy (non-hydrogen) atoms. The van der Waals surface area contributed by atoms with Gasteiger partial charge in [0.15, 0.2) is 5.11 Å². The third-order valence-corrected chi connectivity index (χ3v) is 4.45. The molecule has 2 heterocycles. The van der Waals surface area contributed by atoms with Crippen LogP contribution >= 0.6 is 24.0 Å². The molecule has 3 nitrogen and oxygen atoms in total. The molecule has 2 N–H and O–H groups in total. The van der Waals surface area contributed by atoms with Crippen molar-refractivity contribution in [3.05, 3.63) is 0 Å². The topological polar surface area (TPSA) is 41.1 Å². The van der Waals surface area contributed by atoms with Crippen molar-refractivity contribution >= 4 is 35.0 Å². The third kappa shape index (κ3) is 1.55. The SMILES string of the molecule is CC1(C2NC(=S)NC2=O)CCCS1. The van der Waals surface area contributed by atoms with Crippen LogP contribution in [-0.2, 0) is 4.79 Å². The van der Waals surface area contributed by atoms with Crippen LogP contribution in [0.1, 0.15) is 19.8 Å². The first-order valence-corrected chi connectivity index (χ1v) is 5.76. The average molecular weight is 216 g/mol. The molecule has 0 bridgehead atoms. The predicted molar refractivity (Wildman–Crippen MR) is 57.8 cm³/mol. The molecule has 1 amide bonds. The van der Waals surface area contributed by atoms with Gasteiger partial charge in [0.25, 0.3) is 0 Å². The van der Waals surface area contributed by atoms with E-state index in [1.54, 1.807) is 0 Å². The summed E-state index contributed by atoms with van der Waals surface area (Å²) in [5, 5.41) is 6.15. The van der Waals surface area contributed by atoms with Crippen LogP contribution in [0.3, 0.4) is 0 Å². The van der Waals surface area contributed by atoms with E-state index in [-0.39, 0.29) is 16.7 Å². The predicted octanol–water partition coefficient (Wildman–Crippen LogP) is 0.645. The molecule has 72 valence electrons. The lowest BCUT2D eigenvalue weighted by molar-refractivity contribution is -0.120. The monoisotopic (exact) mass is 216 g/mol. The Kier molecular flexibility index (Phi) is 2.23. The zero-order valence-corrected chi connectivity index (χ0v) is 9.06. The fraction of sp³-hybridized carbons (Fsp3) is 0.750. The number of rotatable bonds is 1. The van der Waals surface area contributed by atoms with Crippen LogP contribution in [0.25, 0.3) is 0 Å². The summed E-state index contributed by atoms with van der Waals surface area (Å²) in [6.45, 7) is 2.13. The molecular formula is C8H12N2OS2. The van der Waals surface area contributed by atoms with Crippen molar-refractivity contribution in [1.29, 1.82) is 0 Å². The Morgan fingerprint density at radius 1 is 1.69 bits per heavy atom. The van der Waals surface area contributed by atoms with E-state index in [1.807, 2.05) is 11.8 Å². The van der Waals surface area contributed by atoms with Crippen LogP contribution in [0.5, 0.6) is 0 Å². The molecule has 2 unspecified atom stereocenters. The van der Waals surface area contributed by atoms with Gasteiger partial charge in [-0.2, -0.15) is 11.8 Å². The van der Waals surface area contributed by atoms with Gasteiger partial charge in [0, 0.05) is 4.75 Å². The Balaban J connectivity index is 2.16. The van der Waals surface area contributed by atoms with Gasteiger partial charge in [-0.05, 0) is 37.7 Å². The van der Waals surface area contributed by atoms with Gasteiger partial charge in [-0.3, -0.25) is 4.79 Å². The van der Waals surface area contributed by atoms with E-state index >= 15 is 0 Å². The number of thiocarbonyl (C=S) groups is 1. The highest BCUT2D eigenvalue weighted by Gasteiger charge is 2.45. The fourth-order valence-electron chi connectivity index (χ4n) is 1.88. The smallest absolute Gasteiger partial charge is 0.250 e. The maximum absolute atomic E-state index is 11.5. The van der Waals surface area contributed by atoms with Crippen molar-refractivity contribution in [2.45, 2.75) is 30.6 Å². The van der Waals surface area contributed by atoms with E-state index in [2.05, 4.69) is 17.6 Å². The Morgan fingerprint density at radius 3 is 2.92 bits per heavy atom. The third-order valence-electron chi connectivity index (χ3n) is 2.63. The lowest BCUT2D eigenvalue weighted by Gasteiger charge is -2.27. The first-order valence-electron chi connectivity index (χ1n) is 4.37. The van der Waals surface area contributed by atoms with Gasteiger partial charge in [-0.1, -0.05) is 0 Å². The lowest BCUT2D eigenvalue weighted by Crippen LogP contribution is -2.46. The maximum atomic E-state index is 11.5. The van der Waals surface area contributed by atoms with Gasteiger partial charge in [-0.15, -0.1) is 0 Å². The summed E-state index contributed by atoms with van der Waals surface area (Å²) in [6.07, 6.45) is 2.28. The number of hydrogen-bond donors (Lipinski definition) is 2. The van der Waals surface area contributed by atoms with Crippen molar-refractivity contribution < 1.29 is 4.79 Å². The van der Waals surface area contributed by atoms with Crippen molar-refractivity contribution in [1.82, 2.24) is 10.6 Å². The first kappa shape index (κ1) is 9.27. The molecule has 5 heteroatoms. The second-order valence-corrected chi connectivity index (χ2v) is 5.70. The minimum absolute atomic E-state index is 0.0295. The van der Waals surface area contributed by atoms with Crippen molar-refractivity contribution in [3.63, 3.8) is 0 Å². The summed E-state index contributed by atoms with van der Waals surface area (Å²) in [7, 11) is 0. The zero-order valence-electron chi connectivity index (χ0n) is 7.42. The van der Waals surface area contributed by atoms with Gasteiger partial charge in [0.05, 0.1) is 0 Å². The van der Waals surface area contributed by atoms with Gasteiger partial charge in [-0.25, -0.2) is 0 Å². The number of hydrogen-bond acceptors (Lipinski definition) is 3. The molecule has 2 rings (SSSR count). The molecule has 0 aliphatic carbocycles. The molecule has 0 aromatic rings. The Bertz CT molecular complexity index is 261. The lowest BCUT2D eigenvalue weighted by atomic mass is 9.96. The van der Waals surface area contributed by atoms with E-state index in [4.69, 9.17) is 12.2 Å². The summed E-state index contributed by atoms with van der Waals surface area (Å²) in [5.74, 6) is 1.18. The molecule has 0 aromatic heterocycles. The molecule has 2 aliphatic heterocycles. The Labute approximate surface area is 87.0 Å². The summed E-state index contributed by atoms with van der Waals surface area (Å²) in [5.41, 5.74) is 0. The molecule has 2 aliphatic rings. The fourth-order valence-corrected chi connectivity index (χ4v) is 3.47.